The lowest BCUT2D eigenvalue weighted by atomic mass is 9.86. The quantitative estimate of drug-likeness (QED) is 0.897. The Morgan fingerprint density at radius 1 is 1.42 bits per heavy atom. The predicted molar refractivity (Wildman–Crippen MR) is 90.5 cm³/mol. The highest BCUT2D eigenvalue weighted by Gasteiger charge is 2.26. The van der Waals surface area contributed by atoms with E-state index in [9.17, 15) is 9.90 Å². The van der Waals surface area contributed by atoms with Gasteiger partial charge in [-0.05, 0) is 31.9 Å². The molecule has 2 N–H and O–H groups in total. The molecule has 1 fully saturated rings. The fraction of sp³-hybridized carbons (Fsp3) is 0.588. The number of urea groups is 1. The standard InChI is InChI=1S/C17H25N5O2/c1-12(16-20-19-15-9-5-6-10-22(15)16)18-17(24)21(2)11-13-7-3-4-8-14(13)23/h5-6,9-10,12-14,23H,3-4,7-8,11H2,1-2H3,(H,18,24). The third-order valence-electron chi connectivity index (χ3n) is 4.79. The maximum Gasteiger partial charge on any atom is 0.317 e. The molecule has 130 valence electrons. The van der Waals surface area contributed by atoms with Crippen LogP contribution in [0.25, 0.3) is 5.65 Å². The topological polar surface area (TPSA) is 82.8 Å². The van der Waals surface area contributed by atoms with E-state index in [-0.39, 0.29) is 24.1 Å². The summed E-state index contributed by atoms with van der Waals surface area (Å²) in [5, 5.41) is 21.3. The monoisotopic (exact) mass is 331 g/mol. The van der Waals surface area contributed by atoms with Crippen molar-refractivity contribution in [2.24, 2.45) is 5.92 Å². The summed E-state index contributed by atoms with van der Waals surface area (Å²) >= 11 is 0. The molecule has 2 amide bonds. The minimum atomic E-state index is -0.299. The second kappa shape index (κ2) is 7.17. The number of aromatic nitrogens is 3. The molecule has 0 saturated heterocycles. The molecule has 2 aromatic heterocycles. The number of rotatable bonds is 4. The molecule has 0 radical (unpaired) electrons. The number of hydrogen-bond donors (Lipinski definition) is 2. The van der Waals surface area contributed by atoms with E-state index in [1.54, 1.807) is 11.9 Å². The third kappa shape index (κ3) is 3.51. The average Bonchev–Trinajstić information content (AvgIpc) is 3.01. The molecule has 3 atom stereocenters. The Bertz CT molecular complexity index is 701. The molecule has 1 aliphatic rings. The minimum absolute atomic E-state index is 0.159. The summed E-state index contributed by atoms with van der Waals surface area (Å²) in [7, 11) is 1.77. The Hall–Kier alpha value is -2.15. The lowest BCUT2D eigenvalue weighted by molar-refractivity contribution is 0.0563. The Balaban J connectivity index is 1.61. The van der Waals surface area contributed by atoms with Gasteiger partial charge in [-0.15, -0.1) is 10.2 Å². The van der Waals surface area contributed by atoms with E-state index in [2.05, 4.69) is 15.5 Å². The third-order valence-corrected chi connectivity index (χ3v) is 4.79. The number of nitrogens with zero attached hydrogens (tertiary/aromatic N) is 4. The van der Waals surface area contributed by atoms with Crippen LogP contribution in [-0.2, 0) is 0 Å². The number of aliphatic hydroxyl groups is 1. The Labute approximate surface area is 141 Å². The van der Waals surface area contributed by atoms with E-state index in [4.69, 9.17) is 0 Å². The van der Waals surface area contributed by atoms with Crippen molar-refractivity contribution >= 4 is 11.7 Å². The van der Waals surface area contributed by atoms with Crippen LogP contribution < -0.4 is 5.32 Å². The first-order valence-corrected chi connectivity index (χ1v) is 8.55. The number of aliphatic hydroxyl groups excluding tert-OH is 1. The van der Waals surface area contributed by atoms with Gasteiger partial charge in [0.1, 0.15) is 0 Å². The predicted octanol–water partition coefficient (Wildman–Crippen LogP) is 1.98. The summed E-state index contributed by atoms with van der Waals surface area (Å²) in [6.45, 7) is 2.46. The molecule has 0 spiro atoms. The van der Waals surface area contributed by atoms with Gasteiger partial charge in [-0.2, -0.15) is 0 Å². The normalized spacial score (nSPS) is 22.3. The Morgan fingerprint density at radius 3 is 3.00 bits per heavy atom. The Morgan fingerprint density at radius 2 is 2.21 bits per heavy atom. The van der Waals surface area contributed by atoms with Crippen LogP contribution >= 0.6 is 0 Å². The van der Waals surface area contributed by atoms with Crippen molar-refractivity contribution in [3.8, 4) is 0 Å². The van der Waals surface area contributed by atoms with Crippen LogP contribution in [0.1, 0.15) is 44.5 Å². The number of pyridine rings is 1. The maximum absolute atomic E-state index is 12.4. The molecule has 7 heteroatoms. The number of carbonyl (C=O) groups is 1. The van der Waals surface area contributed by atoms with Gasteiger partial charge in [0.15, 0.2) is 11.5 Å². The van der Waals surface area contributed by atoms with Gasteiger partial charge in [0.05, 0.1) is 12.1 Å². The van der Waals surface area contributed by atoms with E-state index in [1.807, 2.05) is 35.7 Å². The smallest absolute Gasteiger partial charge is 0.317 e. The number of amides is 2. The second-order valence-electron chi connectivity index (χ2n) is 6.65. The molecule has 2 heterocycles. The minimum Gasteiger partial charge on any atom is -0.393 e. The summed E-state index contributed by atoms with van der Waals surface area (Å²) < 4.78 is 1.87. The van der Waals surface area contributed by atoms with Gasteiger partial charge in [0.25, 0.3) is 0 Å². The molecule has 3 rings (SSSR count). The average molecular weight is 331 g/mol. The maximum atomic E-state index is 12.4. The second-order valence-corrected chi connectivity index (χ2v) is 6.65. The molecule has 1 aliphatic carbocycles. The van der Waals surface area contributed by atoms with Gasteiger partial charge in [-0.1, -0.05) is 18.9 Å². The van der Waals surface area contributed by atoms with Crippen molar-refractivity contribution in [3.05, 3.63) is 30.2 Å². The van der Waals surface area contributed by atoms with Crippen LogP contribution in [0.15, 0.2) is 24.4 Å². The van der Waals surface area contributed by atoms with Gasteiger partial charge in [0, 0.05) is 25.7 Å². The summed E-state index contributed by atoms with van der Waals surface area (Å²) in [6, 6.07) is 5.27. The summed E-state index contributed by atoms with van der Waals surface area (Å²) in [5.41, 5.74) is 0.757. The van der Waals surface area contributed by atoms with E-state index in [0.29, 0.717) is 12.4 Å². The molecule has 0 aromatic carbocycles. The van der Waals surface area contributed by atoms with E-state index in [1.165, 1.54) is 0 Å². The number of nitrogens with one attached hydrogen (secondary N) is 1. The molecule has 7 nitrogen and oxygen atoms in total. The van der Waals surface area contributed by atoms with Crippen LogP contribution in [0, 0.1) is 5.92 Å². The van der Waals surface area contributed by atoms with Gasteiger partial charge in [-0.3, -0.25) is 4.40 Å². The summed E-state index contributed by atoms with van der Waals surface area (Å²) in [4.78, 5) is 14.1. The van der Waals surface area contributed by atoms with Gasteiger partial charge in [0.2, 0.25) is 0 Å². The highest BCUT2D eigenvalue weighted by molar-refractivity contribution is 5.74. The van der Waals surface area contributed by atoms with Crippen LogP contribution in [0.4, 0.5) is 4.79 Å². The largest absolute Gasteiger partial charge is 0.393 e. The number of fused-ring (bicyclic) bond motifs is 1. The van der Waals surface area contributed by atoms with E-state index >= 15 is 0 Å². The summed E-state index contributed by atoms with van der Waals surface area (Å²) in [6.07, 6.45) is 5.59. The van der Waals surface area contributed by atoms with Crippen molar-refractivity contribution in [3.63, 3.8) is 0 Å². The van der Waals surface area contributed by atoms with Gasteiger partial charge >= 0.3 is 6.03 Å². The SMILES string of the molecule is CC(NC(=O)N(C)CC1CCCCC1O)c1nnc2ccccn12. The van der Waals surface area contributed by atoms with Crippen molar-refractivity contribution in [1.82, 2.24) is 24.8 Å². The van der Waals surface area contributed by atoms with Gasteiger partial charge < -0.3 is 15.3 Å². The fourth-order valence-corrected chi connectivity index (χ4v) is 3.35. The van der Waals surface area contributed by atoms with Crippen LogP contribution in [0.2, 0.25) is 0 Å². The molecule has 24 heavy (non-hydrogen) atoms. The number of hydrogen-bond acceptors (Lipinski definition) is 4. The highest BCUT2D eigenvalue weighted by Crippen LogP contribution is 2.25. The molecule has 0 bridgehead atoms. The molecular weight excluding hydrogens is 306 g/mol. The van der Waals surface area contributed by atoms with Crippen molar-refractivity contribution in [2.45, 2.75) is 44.8 Å². The zero-order valence-corrected chi connectivity index (χ0v) is 14.2. The molecule has 3 unspecified atom stereocenters. The van der Waals surface area contributed by atoms with Crippen LogP contribution in [0.5, 0.6) is 0 Å². The van der Waals surface area contributed by atoms with Crippen molar-refractivity contribution in [2.75, 3.05) is 13.6 Å². The molecule has 2 aromatic rings. The molecule has 1 saturated carbocycles. The first kappa shape index (κ1) is 16.7. The molecule has 0 aliphatic heterocycles. The zero-order valence-electron chi connectivity index (χ0n) is 14.2. The Kier molecular flexibility index (Phi) is 4.99. The van der Waals surface area contributed by atoms with Crippen molar-refractivity contribution in [1.29, 1.82) is 0 Å². The van der Waals surface area contributed by atoms with E-state index in [0.717, 1.165) is 31.3 Å². The molecular formula is C17H25N5O2. The van der Waals surface area contributed by atoms with Crippen LogP contribution in [0.3, 0.4) is 0 Å². The summed E-state index contributed by atoms with van der Waals surface area (Å²) in [5.74, 6) is 0.865. The zero-order chi connectivity index (χ0) is 17.1. The first-order chi connectivity index (χ1) is 11.6. The lowest BCUT2D eigenvalue weighted by Crippen LogP contribution is -2.43. The van der Waals surface area contributed by atoms with Crippen molar-refractivity contribution < 1.29 is 9.90 Å². The highest BCUT2D eigenvalue weighted by atomic mass is 16.3. The van der Waals surface area contributed by atoms with Gasteiger partial charge in [-0.25, -0.2) is 4.79 Å². The lowest BCUT2D eigenvalue weighted by Gasteiger charge is -2.31. The first-order valence-electron chi connectivity index (χ1n) is 8.55. The van der Waals surface area contributed by atoms with E-state index < -0.39 is 0 Å². The fourth-order valence-electron chi connectivity index (χ4n) is 3.35. The van der Waals surface area contributed by atoms with Crippen LogP contribution in [-0.4, -0.2) is 50.3 Å². The number of carbonyl (C=O) groups excluding carboxylic acids is 1.